The lowest BCUT2D eigenvalue weighted by atomic mass is 9.82. The van der Waals surface area contributed by atoms with Gasteiger partial charge in [-0.15, -0.1) is 11.3 Å². The molecule has 0 spiro atoms. The summed E-state index contributed by atoms with van der Waals surface area (Å²) >= 11 is 5.44. The van der Waals surface area contributed by atoms with Gasteiger partial charge in [-0.2, -0.15) is 0 Å². The van der Waals surface area contributed by atoms with Crippen LogP contribution in [0.1, 0.15) is 30.6 Å². The molecule has 14 heavy (non-hydrogen) atoms. The molecule has 1 nitrogen and oxygen atoms in total. The van der Waals surface area contributed by atoms with Crippen LogP contribution in [0.25, 0.3) is 0 Å². The van der Waals surface area contributed by atoms with E-state index in [1.165, 1.54) is 41.5 Å². The molecule has 0 aromatic carbocycles. The predicted octanol–water partition coefficient (Wildman–Crippen LogP) is 3.57. The Morgan fingerprint density at radius 3 is 2.64 bits per heavy atom. The summed E-state index contributed by atoms with van der Waals surface area (Å²) in [7, 11) is 0. The maximum Gasteiger partial charge on any atom is 0.0314 e. The summed E-state index contributed by atoms with van der Waals surface area (Å²) < 4.78 is 1.27. The number of rotatable bonds is 3. The quantitative estimate of drug-likeness (QED) is 0.895. The second-order valence-corrected chi connectivity index (χ2v) is 6.13. The molecule has 0 aliphatic heterocycles. The minimum absolute atomic E-state index is 0.410. The summed E-state index contributed by atoms with van der Waals surface area (Å²) in [6.45, 7) is 0.845. The van der Waals surface area contributed by atoms with Gasteiger partial charge in [-0.3, -0.25) is 0 Å². The Kier molecular flexibility index (Phi) is 3.30. The number of halogens is 1. The highest BCUT2D eigenvalue weighted by Gasteiger charge is 2.33. The Morgan fingerprint density at radius 1 is 1.43 bits per heavy atom. The van der Waals surface area contributed by atoms with Gasteiger partial charge >= 0.3 is 0 Å². The van der Waals surface area contributed by atoms with Crippen LogP contribution in [0.4, 0.5) is 0 Å². The van der Waals surface area contributed by atoms with Gasteiger partial charge in [0.1, 0.15) is 0 Å². The first-order valence-corrected chi connectivity index (χ1v) is 6.85. The van der Waals surface area contributed by atoms with Crippen molar-refractivity contribution in [1.82, 2.24) is 0 Å². The van der Waals surface area contributed by atoms with Gasteiger partial charge in [-0.1, -0.05) is 12.8 Å². The molecular formula is C11H16BrNS. The van der Waals surface area contributed by atoms with Gasteiger partial charge in [0, 0.05) is 9.35 Å². The molecule has 1 aromatic heterocycles. The molecule has 0 saturated heterocycles. The largest absolute Gasteiger partial charge is 0.330 e. The van der Waals surface area contributed by atoms with Crippen LogP contribution in [-0.4, -0.2) is 6.54 Å². The van der Waals surface area contributed by atoms with Crippen molar-refractivity contribution in [3.63, 3.8) is 0 Å². The van der Waals surface area contributed by atoms with Crippen LogP contribution < -0.4 is 5.73 Å². The Bertz CT molecular complexity index is 302. The van der Waals surface area contributed by atoms with Crippen molar-refractivity contribution in [2.24, 2.45) is 11.1 Å². The molecule has 2 rings (SSSR count). The normalized spacial score (nSPS) is 20.1. The zero-order chi connectivity index (χ0) is 10.0. The van der Waals surface area contributed by atoms with E-state index in [-0.39, 0.29) is 0 Å². The van der Waals surface area contributed by atoms with E-state index < -0.39 is 0 Å². The minimum atomic E-state index is 0.410. The van der Waals surface area contributed by atoms with Crippen LogP contribution in [0.2, 0.25) is 0 Å². The van der Waals surface area contributed by atoms with Crippen LogP contribution >= 0.6 is 27.3 Å². The van der Waals surface area contributed by atoms with E-state index in [1.807, 2.05) is 11.3 Å². The van der Waals surface area contributed by atoms with Crippen LogP contribution in [-0.2, 0) is 6.42 Å². The average molecular weight is 274 g/mol. The third-order valence-electron chi connectivity index (χ3n) is 3.32. The molecule has 1 aliphatic rings. The van der Waals surface area contributed by atoms with Crippen molar-refractivity contribution in [1.29, 1.82) is 0 Å². The highest BCUT2D eigenvalue weighted by molar-refractivity contribution is 9.10. The van der Waals surface area contributed by atoms with E-state index >= 15 is 0 Å². The number of hydrogen-bond donors (Lipinski definition) is 1. The average Bonchev–Trinajstić information content (AvgIpc) is 2.79. The standard InChI is InChI=1S/C11H16BrNS/c12-9-3-6-14-10(9)7-11(8-13)4-1-2-5-11/h3,6H,1-2,4-5,7-8,13H2. The van der Waals surface area contributed by atoms with Crippen molar-refractivity contribution in [3.05, 3.63) is 20.8 Å². The van der Waals surface area contributed by atoms with Crippen molar-refractivity contribution < 1.29 is 0 Å². The van der Waals surface area contributed by atoms with Gasteiger partial charge in [-0.25, -0.2) is 0 Å². The zero-order valence-corrected chi connectivity index (χ0v) is 10.7. The summed E-state index contributed by atoms with van der Waals surface area (Å²) in [4.78, 5) is 1.47. The van der Waals surface area contributed by atoms with Gasteiger partial charge in [0.15, 0.2) is 0 Å². The molecule has 78 valence electrons. The molecule has 1 fully saturated rings. The summed E-state index contributed by atoms with van der Waals surface area (Å²) in [6, 6.07) is 2.14. The highest BCUT2D eigenvalue weighted by Crippen LogP contribution is 2.42. The van der Waals surface area contributed by atoms with Gasteiger partial charge in [-0.05, 0) is 58.6 Å². The number of nitrogens with two attached hydrogens (primary N) is 1. The van der Waals surface area contributed by atoms with Crippen LogP contribution in [0.3, 0.4) is 0 Å². The van der Waals surface area contributed by atoms with E-state index in [9.17, 15) is 0 Å². The maximum absolute atomic E-state index is 5.92. The third kappa shape index (κ3) is 2.05. The molecule has 1 aromatic rings. The summed E-state index contributed by atoms with van der Waals surface area (Å²) in [5.41, 5.74) is 6.33. The minimum Gasteiger partial charge on any atom is -0.330 e. The van der Waals surface area contributed by atoms with E-state index in [0.29, 0.717) is 5.41 Å². The fourth-order valence-electron chi connectivity index (χ4n) is 2.37. The van der Waals surface area contributed by atoms with Gasteiger partial charge in [0.25, 0.3) is 0 Å². The second kappa shape index (κ2) is 4.33. The van der Waals surface area contributed by atoms with E-state index in [2.05, 4.69) is 27.4 Å². The third-order valence-corrected chi connectivity index (χ3v) is 5.25. The molecule has 1 aliphatic carbocycles. The fraction of sp³-hybridized carbons (Fsp3) is 0.636. The van der Waals surface area contributed by atoms with Crippen LogP contribution in [0.5, 0.6) is 0 Å². The maximum atomic E-state index is 5.92. The van der Waals surface area contributed by atoms with Gasteiger partial charge in [0.2, 0.25) is 0 Å². The molecule has 1 heterocycles. The van der Waals surface area contributed by atoms with Crippen molar-refractivity contribution in [2.45, 2.75) is 32.1 Å². The molecule has 0 radical (unpaired) electrons. The molecule has 0 amide bonds. The molecule has 0 unspecified atom stereocenters. The van der Waals surface area contributed by atoms with Crippen LogP contribution in [0, 0.1) is 5.41 Å². The Morgan fingerprint density at radius 2 is 2.14 bits per heavy atom. The lowest BCUT2D eigenvalue weighted by molar-refractivity contribution is 0.308. The summed E-state index contributed by atoms with van der Waals surface area (Å²) in [5, 5.41) is 2.15. The van der Waals surface area contributed by atoms with E-state index in [0.717, 1.165) is 6.54 Å². The summed E-state index contributed by atoms with van der Waals surface area (Å²) in [6.07, 6.45) is 6.52. The monoisotopic (exact) mass is 273 g/mol. The Balaban J connectivity index is 2.12. The van der Waals surface area contributed by atoms with Crippen molar-refractivity contribution in [2.75, 3.05) is 6.54 Å². The van der Waals surface area contributed by atoms with Crippen LogP contribution in [0.15, 0.2) is 15.9 Å². The van der Waals surface area contributed by atoms with E-state index in [1.54, 1.807) is 0 Å². The van der Waals surface area contributed by atoms with Gasteiger partial charge in [0.05, 0.1) is 0 Å². The Labute approximate surface area is 97.8 Å². The molecular weight excluding hydrogens is 258 g/mol. The highest BCUT2D eigenvalue weighted by atomic mass is 79.9. The number of hydrogen-bond acceptors (Lipinski definition) is 2. The lowest BCUT2D eigenvalue weighted by Crippen LogP contribution is -2.29. The topological polar surface area (TPSA) is 26.0 Å². The van der Waals surface area contributed by atoms with E-state index in [4.69, 9.17) is 5.73 Å². The lowest BCUT2D eigenvalue weighted by Gasteiger charge is -2.26. The molecule has 3 heteroatoms. The smallest absolute Gasteiger partial charge is 0.0314 e. The molecule has 2 N–H and O–H groups in total. The van der Waals surface area contributed by atoms with Crippen molar-refractivity contribution >= 4 is 27.3 Å². The first kappa shape index (κ1) is 10.7. The molecule has 1 saturated carbocycles. The predicted molar refractivity (Wildman–Crippen MR) is 65.7 cm³/mol. The molecule has 0 atom stereocenters. The molecule has 0 bridgehead atoms. The van der Waals surface area contributed by atoms with Gasteiger partial charge < -0.3 is 5.73 Å². The first-order chi connectivity index (χ1) is 6.76. The fourth-order valence-corrected chi connectivity index (χ4v) is 4.04. The SMILES string of the molecule is NCC1(Cc2sccc2Br)CCCC1. The Hall–Kier alpha value is 0.140. The number of thiophene rings is 1. The first-order valence-electron chi connectivity index (χ1n) is 5.18. The van der Waals surface area contributed by atoms with Crippen molar-refractivity contribution in [3.8, 4) is 0 Å². The second-order valence-electron chi connectivity index (χ2n) is 4.28. The zero-order valence-electron chi connectivity index (χ0n) is 8.26. The summed E-state index contributed by atoms with van der Waals surface area (Å²) in [5.74, 6) is 0.